The molecule has 5 N–H and O–H groups in total. The normalized spacial score (nSPS) is 14.8. The molecule has 2 unspecified atom stereocenters. The van der Waals surface area contributed by atoms with Crippen LogP contribution in [0.2, 0.25) is 0 Å². The fourth-order valence-corrected chi connectivity index (χ4v) is 3.78. The van der Waals surface area contributed by atoms with Gasteiger partial charge in [0.25, 0.3) is 0 Å². The van der Waals surface area contributed by atoms with Crippen LogP contribution >= 0.6 is 0 Å². The number of carboxylic acids is 1. The minimum atomic E-state index is -4.16. The third-order valence-corrected chi connectivity index (χ3v) is 5.43. The Hall–Kier alpha value is -2.50. The number of carbonyl (C=O) groups excluding carboxylic acids is 2. The Morgan fingerprint density at radius 2 is 1.92 bits per heavy atom. The third kappa shape index (κ3) is 4.53. The fourth-order valence-electron chi connectivity index (χ4n) is 2.15. The maximum atomic E-state index is 12.5. The van der Waals surface area contributed by atoms with Gasteiger partial charge in [0.1, 0.15) is 17.6 Å². The van der Waals surface area contributed by atoms with E-state index < -0.39 is 45.3 Å². The quantitative estimate of drug-likeness (QED) is 0.239. The second kappa shape index (κ2) is 8.05. The Morgan fingerprint density at radius 3 is 2.32 bits per heavy atom. The standard InChI is InChI=1S/C14H18N2O8S/c1-24-9-2-4-10(5-3-9)25(22,23)8-11(12(18)16-21)14(15,6-7-17)13(19)20/h2-5,7,11,21H,6,8,15H2,1H3,(H,16,18)(H,19,20). The van der Waals surface area contributed by atoms with E-state index >= 15 is 0 Å². The van der Waals surface area contributed by atoms with Crippen LogP contribution in [0.25, 0.3) is 0 Å². The van der Waals surface area contributed by atoms with Crippen molar-refractivity contribution in [1.82, 2.24) is 5.48 Å². The lowest BCUT2D eigenvalue weighted by Crippen LogP contribution is -2.60. The number of methoxy groups -OCH3 is 1. The minimum absolute atomic E-state index is 0.159. The van der Waals surface area contributed by atoms with E-state index in [1.165, 1.54) is 36.9 Å². The van der Waals surface area contributed by atoms with Crippen molar-refractivity contribution < 1.29 is 37.9 Å². The number of amides is 1. The number of aldehydes is 1. The summed E-state index contributed by atoms with van der Waals surface area (Å²) >= 11 is 0. The molecule has 138 valence electrons. The SMILES string of the molecule is COc1ccc(S(=O)(=O)CC(C(=O)NO)C(N)(CC=O)C(=O)O)cc1. The number of hydrogen-bond acceptors (Lipinski definition) is 8. The molecule has 1 aromatic rings. The smallest absolute Gasteiger partial charge is 0.324 e. The van der Waals surface area contributed by atoms with Gasteiger partial charge in [0.15, 0.2) is 9.84 Å². The lowest BCUT2D eigenvalue weighted by atomic mass is 9.83. The largest absolute Gasteiger partial charge is 0.497 e. The van der Waals surface area contributed by atoms with Gasteiger partial charge in [-0.05, 0) is 24.3 Å². The average Bonchev–Trinajstić information content (AvgIpc) is 2.59. The lowest BCUT2D eigenvalue weighted by molar-refractivity contribution is -0.151. The Balaban J connectivity index is 3.30. The van der Waals surface area contributed by atoms with Crippen LogP contribution in [-0.4, -0.2) is 55.3 Å². The zero-order valence-corrected chi connectivity index (χ0v) is 14.0. The Morgan fingerprint density at radius 1 is 1.36 bits per heavy atom. The fraction of sp³-hybridized carbons (Fsp3) is 0.357. The molecule has 0 aromatic heterocycles. The lowest BCUT2D eigenvalue weighted by Gasteiger charge is -2.30. The van der Waals surface area contributed by atoms with Crippen molar-refractivity contribution in [2.45, 2.75) is 16.9 Å². The number of rotatable bonds is 9. The van der Waals surface area contributed by atoms with Gasteiger partial charge < -0.3 is 20.4 Å². The van der Waals surface area contributed by atoms with Crippen LogP contribution in [0.4, 0.5) is 0 Å². The first kappa shape index (κ1) is 20.5. The van der Waals surface area contributed by atoms with Crippen molar-refractivity contribution in [2.75, 3.05) is 12.9 Å². The molecule has 0 saturated carbocycles. The van der Waals surface area contributed by atoms with Gasteiger partial charge in [0.2, 0.25) is 5.91 Å². The predicted octanol–water partition coefficient (Wildman–Crippen LogP) is -1.04. The van der Waals surface area contributed by atoms with Gasteiger partial charge in [0.05, 0.1) is 23.7 Å². The molecule has 11 heteroatoms. The van der Waals surface area contributed by atoms with Crippen LogP contribution in [0.5, 0.6) is 5.75 Å². The summed E-state index contributed by atoms with van der Waals surface area (Å²) in [5.41, 5.74) is 4.30. The van der Waals surface area contributed by atoms with Crippen molar-refractivity contribution in [3.63, 3.8) is 0 Å². The molecule has 1 rings (SSSR count). The van der Waals surface area contributed by atoms with Crippen molar-refractivity contribution in [1.29, 1.82) is 0 Å². The van der Waals surface area contributed by atoms with E-state index in [-0.39, 0.29) is 11.2 Å². The molecule has 0 saturated heterocycles. The van der Waals surface area contributed by atoms with Gasteiger partial charge in [-0.1, -0.05) is 0 Å². The summed E-state index contributed by atoms with van der Waals surface area (Å²) in [6.07, 6.45) is -0.662. The predicted molar refractivity (Wildman–Crippen MR) is 83.7 cm³/mol. The van der Waals surface area contributed by atoms with Crippen LogP contribution in [0.15, 0.2) is 29.2 Å². The molecule has 0 aliphatic carbocycles. The number of ether oxygens (including phenoxy) is 1. The van der Waals surface area contributed by atoms with E-state index in [0.717, 1.165) is 0 Å². The van der Waals surface area contributed by atoms with Gasteiger partial charge in [0, 0.05) is 6.42 Å². The first-order valence-electron chi connectivity index (χ1n) is 6.89. The summed E-state index contributed by atoms with van der Waals surface area (Å²) in [6.45, 7) is 0. The summed E-state index contributed by atoms with van der Waals surface area (Å²) in [5, 5.41) is 18.1. The molecule has 2 atom stereocenters. The first-order chi connectivity index (χ1) is 11.6. The van der Waals surface area contributed by atoms with E-state index in [1.807, 2.05) is 0 Å². The van der Waals surface area contributed by atoms with Gasteiger partial charge in [-0.2, -0.15) is 0 Å². The number of aliphatic carboxylic acids is 1. The van der Waals surface area contributed by atoms with E-state index in [1.54, 1.807) is 0 Å². The number of benzene rings is 1. The number of hydrogen-bond donors (Lipinski definition) is 4. The maximum absolute atomic E-state index is 12.5. The second-order valence-corrected chi connectivity index (χ2v) is 7.24. The van der Waals surface area contributed by atoms with Crippen LogP contribution in [0.3, 0.4) is 0 Å². The molecule has 0 spiro atoms. The zero-order valence-electron chi connectivity index (χ0n) is 13.2. The highest BCUT2D eigenvalue weighted by Crippen LogP contribution is 2.25. The van der Waals surface area contributed by atoms with E-state index in [2.05, 4.69) is 0 Å². The summed E-state index contributed by atoms with van der Waals surface area (Å²) < 4.78 is 29.9. The Kier molecular flexibility index (Phi) is 6.62. The van der Waals surface area contributed by atoms with Gasteiger partial charge in [-0.25, -0.2) is 13.9 Å². The number of nitrogens with two attached hydrogens (primary N) is 1. The van der Waals surface area contributed by atoms with Crippen molar-refractivity contribution in [3.05, 3.63) is 24.3 Å². The van der Waals surface area contributed by atoms with Crippen LogP contribution in [-0.2, 0) is 24.2 Å². The molecule has 0 heterocycles. The molecular formula is C14H18N2O8S. The Bertz CT molecular complexity index is 747. The van der Waals surface area contributed by atoms with Crippen molar-refractivity contribution in [2.24, 2.45) is 11.7 Å². The number of carbonyl (C=O) groups is 3. The molecule has 0 radical (unpaired) electrons. The maximum Gasteiger partial charge on any atom is 0.324 e. The molecule has 10 nitrogen and oxygen atoms in total. The number of sulfone groups is 1. The molecule has 0 bridgehead atoms. The summed E-state index contributed by atoms with van der Waals surface area (Å²) in [7, 11) is -2.77. The topological polar surface area (TPSA) is 173 Å². The minimum Gasteiger partial charge on any atom is -0.497 e. The highest BCUT2D eigenvalue weighted by atomic mass is 32.2. The molecule has 0 aliphatic heterocycles. The number of hydroxylamine groups is 1. The summed E-state index contributed by atoms with van der Waals surface area (Å²) in [5.74, 6) is -5.62. The van der Waals surface area contributed by atoms with Crippen LogP contribution in [0, 0.1) is 5.92 Å². The van der Waals surface area contributed by atoms with E-state index in [0.29, 0.717) is 5.75 Å². The highest BCUT2D eigenvalue weighted by Gasteiger charge is 2.48. The van der Waals surface area contributed by atoms with Gasteiger partial charge >= 0.3 is 5.97 Å². The van der Waals surface area contributed by atoms with Gasteiger partial charge in [-0.3, -0.25) is 14.8 Å². The molecule has 1 aromatic carbocycles. The number of nitrogens with one attached hydrogen (secondary N) is 1. The Labute approximate surface area is 143 Å². The summed E-state index contributed by atoms with van der Waals surface area (Å²) in [4.78, 5) is 33.8. The molecule has 1 amide bonds. The monoisotopic (exact) mass is 374 g/mol. The van der Waals surface area contributed by atoms with Crippen LogP contribution in [0.1, 0.15) is 6.42 Å². The van der Waals surface area contributed by atoms with E-state index in [4.69, 9.17) is 15.7 Å². The second-order valence-electron chi connectivity index (χ2n) is 5.20. The number of carboxylic acid groups (broad SMARTS) is 1. The highest BCUT2D eigenvalue weighted by molar-refractivity contribution is 7.91. The molecule has 0 fully saturated rings. The first-order valence-corrected chi connectivity index (χ1v) is 8.54. The molecule has 0 aliphatic rings. The van der Waals surface area contributed by atoms with Crippen molar-refractivity contribution in [3.8, 4) is 5.75 Å². The third-order valence-electron chi connectivity index (χ3n) is 3.67. The van der Waals surface area contributed by atoms with E-state index in [9.17, 15) is 27.9 Å². The zero-order chi connectivity index (χ0) is 19.3. The van der Waals surface area contributed by atoms with Gasteiger partial charge in [-0.15, -0.1) is 0 Å². The van der Waals surface area contributed by atoms with Crippen LogP contribution < -0.4 is 16.0 Å². The van der Waals surface area contributed by atoms with Crippen molar-refractivity contribution >= 4 is 28.0 Å². The summed E-state index contributed by atoms with van der Waals surface area (Å²) in [6, 6.07) is 5.15. The molecule has 25 heavy (non-hydrogen) atoms. The molecular weight excluding hydrogens is 356 g/mol. The average molecular weight is 374 g/mol.